The Hall–Kier alpha value is -0.610. The summed E-state index contributed by atoms with van der Waals surface area (Å²) < 4.78 is 0. The fourth-order valence-electron chi connectivity index (χ4n) is 1.10. The minimum Gasteiger partial charge on any atom is -0.480 e. The Bertz CT molecular complexity index is 163. The van der Waals surface area contributed by atoms with E-state index in [1.807, 2.05) is 20.8 Å². The average molecular weight is 188 g/mol. The van der Waals surface area contributed by atoms with Gasteiger partial charge in [-0.25, -0.2) is 0 Å². The largest absolute Gasteiger partial charge is 0.480 e. The molecule has 0 bridgehead atoms. The van der Waals surface area contributed by atoms with E-state index in [0.717, 1.165) is 6.42 Å². The summed E-state index contributed by atoms with van der Waals surface area (Å²) in [6, 6.07) is -0.483. The number of hydrogen-bond donors (Lipinski definition) is 3. The predicted octanol–water partition coefficient (Wildman–Crippen LogP) is 0.567. The van der Waals surface area contributed by atoms with Gasteiger partial charge in [-0.15, -0.1) is 0 Å². The lowest BCUT2D eigenvalue weighted by Gasteiger charge is -2.25. The Balaban J connectivity index is 4.03. The minimum atomic E-state index is -0.802. The van der Waals surface area contributed by atoms with E-state index in [1.54, 1.807) is 0 Å². The van der Waals surface area contributed by atoms with Gasteiger partial charge >= 0.3 is 5.97 Å². The minimum absolute atomic E-state index is 0.169. The van der Waals surface area contributed by atoms with Crippen LogP contribution in [0.3, 0.4) is 0 Å². The molecule has 0 aliphatic carbocycles. The molecule has 0 aromatic rings. The number of aliphatic carboxylic acids is 1. The lowest BCUT2D eigenvalue weighted by Crippen LogP contribution is -2.47. The molecule has 4 N–H and O–H groups in total. The van der Waals surface area contributed by atoms with Crippen LogP contribution in [0.15, 0.2) is 0 Å². The number of carboxylic acids is 1. The molecule has 1 atom stereocenters. The van der Waals surface area contributed by atoms with Gasteiger partial charge in [0.1, 0.15) is 6.04 Å². The van der Waals surface area contributed by atoms with E-state index in [0.29, 0.717) is 13.0 Å². The van der Waals surface area contributed by atoms with Crippen LogP contribution in [0.5, 0.6) is 0 Å². The summed E-state index contributed by atoms with van der Waals surface area (Å²) in [5.41, 5.74) is 5.15. The molecule has 0 aromatic heterocycles. The second-order valence-electron chi connectivity index (χ2n) is 4.22. The Morgan fingerprint density at radius 1 is 1.54 bits per heavy atom. The summed E-state index contributed by atoms with van der Waals surface area (Å²) in [6.45, 7) is 6.39. The first-order chi connectivity index (χ1) is 5.87. The van der Waals surface area contributed by atoms with Crippen LogP contribution in [0.4, 0.5) is 0 Å². The molecule has 78 valence electrons. The molecule has 0 fully saturated rings. The Morgan fingerprint density at radius 3 is 2.38 bits per heavy atom. The first-order valence-electron chi connectivity index (χ1n) is 4.57. The van der Waals surface area contributed by atoms with Crippen molar-refractivity contribution in [1.29, 1.82) is 0 Å². The standard InChI is InChI=1S/C9H20N2O2/c1-9(2,3)11-7(8(12)13)5-4-6-10/h7,11H,4-6,10H2,1-3H3,(H,12,13). The van der Waals surface area contributed by atoms with Gasteiger partial charge in [0.05, 0.1) is 0 Å². The molecular weight excluding hydrogens is 168 g/mol. The van der Waals surface area contributed by atoms with Crippen LogP contribution in [0.2, 0.25) is 0 Å². The number of rotatable bonds is 5. The van der Waals surface area contributed by atoms with Gasteiger partial charge in [0, 0.05) is 5.54 Å². The summed E-state index contributed by atoms with van der Waals surface area (Å²) >= 11 is 0. The number of carbonyl (C=O) groups is 1. The van der Waals surface area contributed by atoms with Crippen molar-refractivity contribution in [2.45, 2.75) is 45.2 Å². The molecule has 0 amide bonds. The van der Waals surface area contributed by atoms with Crippen molar-refractivity contribution in [1.82, 2.24) is 5.32 Å². The Morgan fingerprint density at radius 2 is 2.08 bits per heavy atom. The third-order valence-corrected chi connectivity index (χ3v) is 1.60. The zero-order valence-corrected chi connectivity index (χ0v) is 8.63. The molecule has 0 aliphatic heterocycles. The van der Waals surface area contributed by atoms with Gasteiger partial charge < -0.3 is 10.8 Å². The van der Waals surface area contributed by atoms with Gasteiger partial charge in [-0.3, -0.25) is 10.1 Å². The Kier molecular flexibility index (Phi) is 4.95. The second-order valence-corrected chi connectivity index (χ2v) is 4.22. The van der Waals surface area contributed by atoms with E-state index in [9.17, 15) is 4.79 Å². The topological polar surface area (TPSA) is 75.3 Å². The molecule has 13 heavy (non-hydrogen) atoms. The predicted molar refractivity (Wildman–Crippen MR) is 52.6 cm³/mol. The van der Waals surface area contributed by atoms with E-state index in [-0.39, 0.29) is 5.54 Å². The molecule has 0 radical (unpaired) electrons. The van der Waals surface area contributed by atoms with Crippen molar-refractivity contribution >= 4 is 5.97 Å². The van der Waals surface area contributed by atoms with E-state index >= 15 is 0 Å². The number of hydrogen-bond acceptors (Lipinski definition) is 3. The lowest BCUT2D eigenvalue weighted by molar-refractivity contribution is -0.140. The third-order valence-electron chi connectivity index (χ3n) is 1.60. The highest BCUT2D eigenvalue weighted by atomic mass is 16.4. The fraction of sp³-hybridized carbons (Fsp3) is 0.889. The van der Waals surface area contributed by atoms with E-state index in [4.69, 9.17) is 10.8 Å². The van der Waals surface area contributed by atoms with Crippen molar-refractivity contribution < 1.29 is 9.90 Å². The second kappa shape index (κ2) is 5.19. The summed E-state index contributed by atoms with van der Waals surface area (Å²) in [5.74, 6) is -0.802. The monoisotopic (exact) mass is 188 g/mol. The first-order valence-corrected chi connectivity index (χ1v) is 4.57. The maximum Gasteiger partial charge on any atom is 0.320 e. The van der Waals surface area contributed by atoms with Gasteiger partial charge in [-0.1, -0.05) is 0 Å². The maximum atomic E-state index is 10.8. The van der Waals surface area contributed by atoms with Crippen molar-refractivity contribution in [2.24, 2.45) is 5.73 Å². The molecule has 0 saturated heterocycles. The van der Waals surface area contributed by atoms with Crippen LogP contribution in [0.1, 0.15) is 33.6 Å². The molecule has 0 heterocycles. The highest BCUT2D eigenvalue weighted by Crippen LogP contribution is 2.05. The molecule has 0 aromatic carbocycles. The summed E-state index contributed by atoms with van der Waals surface area (Å²) in [7, 11) is 0. The molecular formula is C9H20N2O2. The van der Waals surface area contributed by atoms with Crippen molar-refractivity contribution in [2.75, 3.05) is 6.54 Å². The summed E-state index contributed by atoms with van der Waals surface area (Å²) in [4.78, 5) is 10.8. The smallest absolute Gasteiger partial charge is 0.320 e. The lowest BCUT2D eigenvalue weighted by atomic mass is 10.0. The maximum absolute atomic E-state index is 10.8. The molecule has 0 aliphatic rings. The molecule has 4 heteroatoms. The quantitative estimate of drug-likeness (QED) is 0.589. The van der Waals surface area contributed by atoms with E-state index < -0.39 is 12.0 Å². The molecule has 4 nitrogen and oxygen atoms in total. The molecule has 1 unspecified atom stereocenters. The van der Waals surface area contributed by atoms with Crippen molar-refractivity contribution in [3.63, 3.8) is 0 Å². The van der Waals surface area contributed by atoms with Crippen molar-refractivity contribution in [3.05, 3.63) is 0 Å². The number of nitrogens with two attached hydrogens (primary N) is 1. The van der Waals surface area contributed by atoms with Gasteiger partial charge in [-0.2, -0.15) is 0 Å². The molecule has 0 saturated carbocycles. The Labute approximate surface area is 79.5 Å². The normalized spacial score (nSPS) is 14.2. The van der Waals surface area contributed by atoms with Crippen LogP contribution in [0, 0.1) is 0 Å². The third kappa shape index (κ3) is 6.54. The van der Waals surface area contributed by atoms with Gasteiger partial charge in [-0.05, 0) is 40.2 Å². The summed E-state index contributed by atoms with van der Waals surface area (Å²) in [6.07, 6.45) is 1.32. The van der Waals surface area contributed by atoms with Gasteiger partial charge in [0.2, 0.25) is 0 Å². The SMILES string of the molecule is CC(C)(C)NC(CCCN)C(=O)O. The van der Waals surface area contributed by atoms with Gasteiger partial charge in [0.25, 0.3) is 0 Å². The van der Waals surface area contributed by atoms with Crippen LogP contribution in [-0.4, -0.2) is 29.2 Å². The van der Waals surface area contributed by atoms with E-state index in [1.165, 1.54) is 0 Å². The van der Waals surface area contributed by atoms with Gasteiger partial charge in [0.15, 0.2) is 0 Å². The fourth-order valence-corrected chi connectivity index (χ4v) is 1.10. The van der Waals surface area contributed by atoms with Crippen LogP contribution >= 0.6 is 0 Å². The van der Waals surface area contributed by atoms with E-state index in [2.05, 4.69) is 5.32 Å². The van der Waals surface area contributed by atoms with Crippen LogP contribution < -0.4 is 11.1 Å². The number of nitrogens with one attached hydrogen (secondary N) is 1. The molecule has 0 rings (SSSR count). The average Bonchev–Trinajstić information content (AvgIpc) is 1.95. The van der Waals surface area contributed by atoms with Crippen LogP contribution in [-0.2, 0) is 4.79 Å². The zero-order chi connectivity index (χ0) is 10.5. The summed E-state index contributed by atoms with van der Waals surface area (Å²) in [5, 5.41) is 11.9. The van der Waals surface area contributed by atoms with Crippen molar-refractivity contribution in [3.8, 4) is 0 Å². The highest BCUT2D eigenvalue weighted by molar-refractivity contribution is 5.73. The van der Waals surface area contributed by atoms with Crippen LogP contribution in [0.25, 0.3) is 0 Å². The highest BCUT2D eigenvalue weighted by Gasteiger charge is 2.22. The number of carboxylic acid groups (broad SMARTS) is 1. The zero-order valence-electron chi connectivity index (χ0n) is 8.63. The molecule has 0 spiro atoms. The first kappa shape index (κ1) is 12.4.